The van der Waals surface area contributed by atoms with Crippen LogP contribution < -0.4 is 21.9 Å². The summed E-state index contributed by atoms with van der Waals surface area (Å²) in [4.78, 5) is 16.2. The maximum absolute atomic E-state index is 12.1. The van der Waals surface area contributed by atoms with Gasteiger partial charge in [-0.2, -0.15) is 0 Å². The lowest BCUT2D eigenvalue weighted by atomic mass is 10.2. The first-order chi connectivity index (χ1) is 14.7. The number of nitrogens with zero attached hydrogens (tertiary/aromatic N) is 2. The van der Waals surface area contributed by atoms with Crippen molar-refractivity contribution in [2.24, 2.45) is 11.6 Å². The first-order valence-electron chi connectivity index (χ1n) is 9.41. The Hall–Kier alpha value is -2.88. The van der Waals surface area contributed by atoms with E-state index in [1.807, 2.05) is 13.8 Å². The zero-order valence-corrected chi connectivity index (χ0v) is 19.8. The Morgan fingerprint density at radius 1 is 1.39 bits per heavy atom. The molecule has 1 amide bonds. The Bertz CT molecular complexity index is 894. The van der Waals surface area contributed by atoms with Gasteiger partial charge in [0.05, 0.1) is 28.5 Å². The van der Waals surface area contributed by atoms with Crippen molar-refractivity contribution in [2.75, 3.05) is 11.6 Å². The molecule has 1 aromatic heterocycles. The van der Waals surface area contributed by atoms with Gasteiger partial charge in [-0.05, 0) is 26.0 Å². The van der Waals surface area contributed by atoms with E-state index in [2.05, 4.69) is 16.9 Å². The molecule has 8 nitrogen and oxygen atoms in total. The molecule has 0 spiro atoms. The summed E-state index contributed by atoms with van der Waals surface area (Å²) in [6, 6.07) is 3.38. The lowest BCUT2D eigenvalue weighted by Gasteiger charge is -2.16. The number of rotatable bonds is 8. The Balaban J connectivity index is 0.00000436. The van der Waals surface area contributed by atoms with Gasteiger partial charge in [-0.1, -0.05) is 68.1 Å². The number of carbonyl (C=O) groups is 1. The van der Waals surface area contributed by atoms with Crippen LogP contribution in [-0.4, -0.2) is 27.5 Å². The third kappa shape index (κ3) is 10.1. The highest BCUT2D eigenvalue weighted by molar-refractivity contribution is 8.26. The van der Waals surface area contributed by atoms with E-state index < -0.39 is 5.91 Å². The van der Waals surface area contributed by atoms with Gasteiger partial charge in [-0.15, -0.1) is 0 Å². The van der Waals surface area contributed by atoms with Crippen molar-refractivity contribution in [3.8, 4) is 0 Å². The Kier molecular flexibility index (Phi) is 13.6. The summed E-state index contributed by atoms with van der Waals surface area (Å²) in [5.74, 6) is 5.27. The van der Waals surface area contributed by atoms with E-state index in [9.17, 15) is 4.79 Å². The number of anilines is 1. The summed E-state index contributed by atoms with van der Waals surface area (Å²) < 4.78 is 0. The van der Waals surface area contributed by atoms with E-state index in [0.717, 1.165) is 22.5 Å². The third-order valence-electron chi connectivity index (χ3n) is 3.41. The van der Waals surface area contributed by atoms with E-state index in [4.69, 9.17) is 34.0 Å². The van der Waals surface area contributed by atoms with Crippen LogP contribution in [0.15, 0.2) is 60.5 Å². The van der Waals surface area contributed by atoms with E-state index in [1.54, 1.807) is 50.3 Å². The number of halogens is 1. The average molecular weight is 464 g/mol. The first kappa shape index (κ1) is 28.1. The molecule has 1 aromatic rings. The highest BCUT2D eigenvalue weighted by atomic mass is 35.5. The number of pyridine rings is 1. The molecule has 0 aliphatic carbocycles. The third-order valence-corrected chi connectivity index (χ3v) is 4.52. The van der Waals surface area contributed by atoms with Crippen LogP contribution in [-0.2, 0) is 4.79 Å². The Morgan fingerprint density at radius 3 is 2.58 bits per heavy atom. The molecule has 10 heteroatoms. The minimum Gasteiger partial charge on any atom is -0.393 e. The normalized spacial score (nSPS) is 11.4. The van der Waals surface area contributed by atoms with E-state index in [-0.39, 0.29) is 27.5 Å². The minimum absolute atomic E-state index is 0.0814. The fourth-order valence-electron chi connectivity index (χ4n) is 1.94. The fraction of sp³-hybridized carbons (Fsp3) is 0.238. The van der Waals surface area contributed by atoms with Crippen LogP contribution in [0.5, 0.6) is 0 Å². The number of thioether (sulfide) groups is 1. The van der Waals surface area contributed by atoms with Crippen LogP contribution >= 0.6 is 23.4 Å². The molecule has 0 saturated carbocycles. The van der Waals surface area contributed by atoms with Gasteiger partial charge < -0.3 is 11.1 Å². The average Bonchev–Trinajstić information content (AvgIpc) is 2.73. The number of allylic oxidation sites excluding steroid dienone is 4. The van der Waals surface area contributed by atoms with Gasteiger partial charge in [-0.25, -0.2) is 10.8 Å². The second-order valence-corrected chi connectivity index (χ2v) is 7.09. The number of nitrogens with two attached hydrogens (primary N) is 2. The van der Waals surface area contributed by atoms with Crippen molar-refractivity contribution < 1.29 is 4.79 Å². The molecule has 31 heavy (non-hydrogen) atoms. The van der Waals surface area contributed by atoms with Crippen molar-refractivity contribution in [3.05, 3.63) is 71.3 Å². The molecule has 0 saturated heterocycles. The lowest BCUT2D eigenvalue weighted by molar-refractivity contribution is -0.117. The van der Waals surface area contributed by atoms with Gasteiger partial charge in [0.15, 0.2) is 5.15 Å². The molecule has 0 bridgehead atoms. The maximum Gasteiger partial charge on any atom is 0.269 e. The molecule has 7 N–H and O–H groups in total. The number of carbonyl (C=O) groups excluding carboxylic acids is 1. The number of hydrazine groups is 1. The highest BCUT2D eigenvalue weighted by Crippen LogP contribution is 2.22. The molecular weight excluding hydrogens is 434 g/mol. The number of amides is 1. The number of hydrogen-bond donors (Lipinski definition) is 5. The summed E-state index contributed by atoms with van der Waals surface area (Å²) in [6.45, 7) is 11.1. The molecule has 0 aromatic carbocycles. The molecule has 168 valence electrons. The summed E-state index contributed by atoms with van der Waals surface area (Å²) in [6.07, 6.45) is 7.99. The largest absolute Gasteiger partial charge is 0.393 e. The SMILES string of the molecule is C=C/C=C\C(=C/C)C(=N)SC(=N)CNC(=O)/C(N)=C/N(N)c1ccc(C)nc1Cl.CC. The van der Waals surface area contributed by atoms with Crippen molar-refractivity contribution in [3.63, 3.8) is 0 Å². The number of aromatic nitrogens is 1. The van der Waals surface area contributed by atoms with Gasteiger partial charge in [0.2, 0.25) is 0 Å². The zero-order valence-electron chi connectivity index (χ0n) is 18.2. The van der Waals surface area contributed by atoms with Crippen LogP contribution in [0, 0.1) is 17.7 Å². The lowest BCUT2D eigenvalue weighted by Crippen LogP contribution is -2.35. The molecular formula is C21H30ClN7OS. The monoisotopic (exact) mass is 463 g/mol. The van der Waals surface area contributed by atoms with Gasteiger partial charge >= 0.3 is 0 Å². The topological polar surface area (TPSA) is 145 Å². The van der Waals surface area contributed by atoms with Crippen molar-refractivity contribution in [1.29, 1.82) is 10.8 Å². The molecule has 0 radical (unpaired) electrons. The minimum atomic E-state index is -0.605. The molecule has 1 heterocycles. The summed E-state index contributed by atoms with van der Waals surface area (Å²) in [5, 5.41) is 20.0. The summed E-state index contributed by atoms with van der Waals surface area (Å²) >= 11 is 6.97. The van der Waals surface area contributed by atoms with Crippen molar-refractivity contribution in [1.82, 2.24) is 10.3 Å². The van der Waals surface area contributed by atoms with Gasteiger partial charge in [-0.3, -0.25) is 20.6 Å². The van der Waals surface area contributed by atoms with Crippen LogP contribution in [0.1, 0.15) is 26.5 Å². The van der Waals surface area contributed by atoms with Crippen LogP contribution in [0.2, 0.25) is 5.15 Å². The van der Waals surface area contributed by atoms with Crippen LogP contribution in [0.25, 0.3) is 0 Å². The van der Waals surface area contributed by atoms with Gasteiger partial charge in [0, 0.05) is 11.3 Å². The molecule has 0 unspecified atom stereocenters. The second kappa shape index (κ2) is 15.0. The van der Waals surface area contributed by atoms with Gasteiger partial charge in [0.25, 0.3) is 5.91 Å². The second-order valence-electron chi connectivity index (χ2n) is 5.63. The molecule has 0 aliphatic rings. The molecule has 0 atom stereocenters. The van der Waals surface area contributed by atoms with Gasteiger partial charge in [0.1, 0.15) is 5.70 Å². The predicted molar refractivity (Wildman–Crippen MR) is 133 cm³/mol. The van der Waals surface area contributed by atoms with Crippen molar-refractivity contribution >= 4 is 45.0 Å². The van der Waals surface area contributed by atoms with Crippen LogP contribution in [0.3, 0.4) is 0 Å². The number of aryl methyl sites for hydroxylation is 1. The maximum atomic E-state index is 12.1. The summed E-state index contributed by atoms with van der Waals surface area (Å²) in [5.41, 5.74) is 7.36. The molecule has 1 rings (SSSR count). The van der Waals surface area contributed by atoms with Crippen LogP contribution in [0.4, 0.5) is 5.69 Å². The standard InChI is InChI=1S/C19H24ClN7OS.C2H6/c1-4-6-7-13(5-2)18(23)29-16(22)10-25-19(28)14(21)11-27(24)15-9-8-12(3)26-17(15)20;1-2/h4-9,11,22-23H,1,10,21,24H2,2-3H3,(H,25,28);1-2H3/b7-6-,13-5+,14-11-,22-16?,23-18?;. The number of nitrogens with one attached hydrogen (secondary N) is 3. The van der Waals surface area contributed by atoms with E-state index >= 15 is 0 Å². The van der Waals surface area contributed by atoms with Crippen molar-refractivity contribution in [2.45, 2.75) is 27.7 Å². The summed E-state index contributed by atoms with van der Waals surface area (Å²) in [7, 11) is 0. The zero-order chi connectivity index (χ0) is 24.0. The molecule has 0 fully saturated rings. The van der Waals surface area contributed by atoms with E-state index in [0.29, 0.717) is 11.3 Å². The smallest absolute Gasteiger partial charge is 0.269 e. The molecule has 0 aliphatic heterocycles. The number of hydrogen-bond acceptors (Lipinski definition) is 8. The predicted octanol–water partition coefficient (Wildman–Crippen LogP) is 4.04. The highest BCUT2D eigenvalue weighted by Gasteiger charge is 2.12. The van der Waals surface area contributed by atoms with E-state index in [1.165, 1.54) is 6.20 Å². The fourth-order valence-corrected chi connectivity index (χ4v) is 2.93. The quantitative estimate of drug-likeness (QED) is 0.0747. The Labute approximate surface area is 193 Å². The first-order valence-corrected chi connectivity index (χ1v) is 10.6. The Morgan fingerprint density at radius 2 is 2.03 bits per heavy atom.